The van der Waals surface area contributed by atoms with Crippen LogP contribution in [0.15, 0.2) is 53.5 Å². The number of carbonyl (C=O) groups excluding carboxylic acids is 1. The molecule has 0 saturated heterocycles. The molecular weight excluding hydrogens is 342 g/mol. The van der Waals surface area contributed by atoms with E-state index in [2.05, 4.69) is 10.9 Å². The van der Waals surface area contributed by atoms with E-state index >= 15 is 0 Å². The normalized spacial score (nSPS) is 12.0. The molecule has 3 nitrogen and oxygen atoms in total. The van der Waals surface area contributed by atoms with E-state index in [-0.39, 0.29) is 16.9 Å². The van der Waals surface area contributed by atoms with Gasteiger partial charge in [0, 0.05) is 12.1 Å². The molecule has 0 aliphatic rings. The minimum absolute atomic E-state index is 0.0249. The Hall–Kier alpha value is -3.04. The molecule has 1 amide bonds. The number of carbonyl (C=O) groups is 1. The zero-order valence-electron chi connectivity index (χ0n) is 12.9. The average molecular weight is 354 g/mol. The van der Waals surface area contributed by atoms with Gasteiger partial charge in [-0.1, -0.05) is 47.6 Å². The van der Waals surface area contributed by atoms with Gasteiger partial charge in [0.15, 0.2) is 10.6 Å². The highest BCUT2D eigenvalue weighted by Gasteiger charge is 2.12. The molecule has 3 aromatic rings. The molecule has 0 spiro atoms. The van der Waals surface area contributed by atoms with Crippen molar-refractivity contribution >= 4 is 33.5 Å². The second-order valence-electron chi connectivity index (χ2n) is 5.10. The van der Waals surface area contributed by atoms with Crippen LogP contribution in [0.2, 0.25) is 0 Å². The second kappa shape index (κ2) is 7.24. The minimum Gasteiger partial charge on any atom is -0.302 e. The molecule has 1 heterocycles. The molecule has 0 N–H and O–H groups in total. The van der Waals surface area contributed by atoms with E-state index in [9.17, 15) is 13.6 Å². The fourth-order valence-electron chi connectivity index (χ4n) is 2.32. The predicted octanol–water partition coefficient (Wildman–Crippen LogP) is 3.75. The molecule has 0 radical (unpaired) electrons. The Kier molecular flexibility index (Phi) is 4.87. The van der Waals surface area contributed by atoms with Crippen molar-refractivity contribution in [2.24, 2.45) is 4.99 Å². The van der Waals surface area contributed by atoms with Gasteiger partial charge < -0.3 is 4.57 Å². The third kappa shape index (κ3) is 3.73. The Morgan fingerprint density at radius 3 is 2.76 bits per heavy atom. The third-order valence-corrected chi connectivity index (χ3v) is 4.39. The lowest BCUT2D eigenvalue weighted by Crippen LogP contribution is -2.16. The van der Waals surface area contributed by atoms with E-state index in [4.69, 9.17) is 6.42 Å². The topological polar surface area (TPSA) is 34.4 Å². The van der Waals surface area contributed by atoms with E-state index < -0.39 is 17.5 Å². The Bertz CT molecular complexity index is 1070. The summed E-state index contributed by atoms with van der Waals surface area (Å²) < 4.78 is 29.2. The molecule has 0 aliphatic heterocycles. The number of thiazole rings is 1. The number of fused-ring (bicyclic) bond motifs is 1. The van der Waals surface area contributed by atoms with Gasteiger partial charge in [-0.05, 0) is 17.7 Å². The Morgan fingerprint density at radius 1 is 1.28 bits per heavy atom. The van der Waals surface area contributed by atoms with Gasteiger partial charge in [-0.15, -0.1) is 6.42 Å². The van der Waals surface area contributed by atoms with Crippen LogP contribution in [0.5, 0.6) is 0 Å². The van der Waals surface area contributed by atoms with Gasteiger partial charge >= 0.3 is 0 Å². The SMILES string of the molecule is C#CCn1c(=NC(=O)C=Cc2ccccc2)sc2cc(F)cc(F)c21. The highest BCUT2D eigenvalue weighted by molar-refractivity contribution is 7.16. The van der Waals surface area contributed by atoms with Crippen molar-refractivity contribution in [3.63, 3.8) is 0 Å². The molecule has 124 valence electrons. The minimum atomic E-state index is -0.741. The quantitative estimate of drug-likeness (QED) is 0.521. The number of benzene rings is 2. The lowest BCUT2D eigenvalue weighted by Gasteiger charge is -2.00. The number of terminal acetylenes is 1. The zero-order chi connectivity index (χ0) is 17.8. The van der Waals surface area contributed by atoms with Gasteiger partial charge in [0.2, 0.25) is 0 Å². The molecule has 0 fully saturated rings. The van der Waals surface area contributed by atoms with Gasteiger partial charge in [-0.25, -0.2) is 8.78 Å². The van der Waals surface area contributed by atoms with E-state index in [1.807, 2.05) is 30.3 Å². The van der Waals surface area contributed by atoms with Gasteiger partial charge in [-0.2, -0.15) is 4.99 Å². The van der Waals surface area contributed by atoms with E-state index in [1.54, 1.807) is 6.08 Å². The molecular formula is C19H12F2N2OS. The van der Waals surface area contributed by atoms with Crippen molar-refractivity contribution < 1.29 is 13.6 Å². The fourth-order valence-corrected chi connectivity index (χ4v) is 3.39. The Labute approximate surface area is 146 Å². The van der Waals surface area contributed by atoms with E-state index in [1.165, 1.54) is 16.7 Å². The number of aromatic nitrogens is 1. The van der Waals surface area contributed by atoms with Crippen LogP contribution in [0, 0.1) is 24.0 Å². The summed E-state index contributed by atoms with van der Waals surface area (Å²) in [6.07, 6.45) is 8.27. The van der Waals surface area contributed by atoms with Crippen molar-refractivity contribution in [1.82, 2.24) is 4.57 Å². The largest absolute Gasteiger partial charge is 0.302 e. The molecule has 6 heteroatoms. The van der Waals surface area contributed by atoms with Gasteiger partial charge in [0.1, 0.15) is 5.82 Å². The molecule has 0 aliphatic carbocycles. The van der Waals surface area contributed by atoms with Gasteiger partial charge in [0.25, 0.3) is 5.91 Å². The van der Waals surface area contributed by atoms with Crippen molar-refractivity contribution in [1.29, 1.82) is 0 Å². The summed E-state index contributed by atoms with van der Waals surface area (Å²) in [4.78, 5) is 16.3. The number of hydrogen-bond acceptors (Lipinski definition) is 2. The number of halogens is 2. The maximum Gasteiger partial charge on any atom is 0.272 e. The molecule has 0 bridgehead atoms. The van der Waals surface area contributed by atoms with Crippen LogP contribution in [-0.4, -0.2) is 10.5 Å². The number of hydrogen-bond donors (Lipinski definition) is 0. The summed E-state index contributed by atoms with van der Waals surface area (Å²) in [6, 6.07) is 11.2. The summed E-state index contributed by atoms with van der Waals surface area (Å²) in [7, 11) is 0. The molecule has 1 aromatic heterocycles. The van der Waals surface area contributed by atoms with Crippen LogP contribution in [0.25, 0.3) is 16.3 Å². The average Bonchev–Trinajstić information content (AvgIpc) is 2.91. The van der Waals surface area contributed by atoms with Crippen molar-refractivity contribution in [3.05, 3.63) is 70.5 Å². The van der Waals surface area contributed by atoms with Crippen molar-refractivity contribution in [3.8, 4) is 12.3 Å². The predicted molar refractivity (Wildman–Crippen MR) is 94.6 cm³/mol. The Morgan fingerprint density at radius 2 is 2.04 bits per heavy atom. The lowest BCUT2D eigenvalue weighted by atomic mass is 10.2. The van der Waals surface area contributed by atoms with Crippen molar-refractivity contribution in [2.45, 2.75) is 6.54 Å². The lowest BCUT2D eigenvalue weighted by molar-refractivity contribution is -0.113. The number of rotatable bonds is 3. The second-order valence-corrected chi connectivity index (χ2v) is 6.11. The van der Waals surface area contributed by atoms with Crippen LogP contribution in [0.1, 0.15) is 5.56 Å². The summed E-state index contributed by atoms with van der Waals surface area (Å²) in [5.41, 5.74) is 0.995. The molecule has 0 saturated carbocycles. The first-order valence-electron chi connectivity index (χ1n) is 7.32. The molecule has 0 unspecified atom stereocenters. The molecule has 0 atom stereocenters. The van der Waals surface area contributed by atoms with Gasteiger partial charge in [-0.3, -0.25) is 4.79 Å². The fraction of sp³-hybridized carbons (Fsp3) is 0.0526. The smallest absolute Gasteiger partial charge is 0.272 e. The summed E-state index contributed by atoms with van der Waals surface area (Å²) in [5.74, 6) is 0.449. The monoisotopic (exact) mass is 354 g/mol. The zero-order valence-corrected chi connectivity index (χ0v) is 13.8. The van der Waals surface area contributed by atoms with Crippen molar-refractivity contribution in [2.75, 3.05) is 0 Å². The van der Waals surface area contributed by atoms with Crippen LogP contribution in [-0.2, 0) is 11.3 Å². The maximum absolute atomic E-state index is 14.1. The third-order valence-electron chi connectivity index (χ3n) is 3.37. The summed E-state index contributed by atoms with van der Waals surface area (Å²) >= 11 is 1.01. The van der Waals surface area contributed by atoms with Crippen LogP contribution in [0.4, 0.5) is 8.78 Å². The van der Waals surface area contributed by atoms with Crippen LogP contribution in [0.3, 0.4) is 0 Å². The number of amides is 1. The molecule has 25 heavy (non-hydrogen) atoms. The molecule has 2 aromatic carbocycles. The maximum atomic E-state index is 14.1. The first kappa shape index (κ1) is 16.8. The van der Waals surface area contributed by atoms with Crippen LogP contribution >= 0.6 is 11.3 Å². The first-order valence-corrected chi connectivity index (χ1v) is 8.14. The highest BCUT2D eigenvalue weighted by Crippen LogP contribution is 2.22. The van der Waals surface area contributed by atoms with E-state index in [0.717, 1.165) is 23.0 Å². The Balaban J connectivity index is 2.05. The first-order chi connectivity index (χ1) is 12.1. The van der Waals surface area contributed by atoms with E-state index in [0.29, 0.717) is 4.70 Å². The summed E-state index contributed by atoms with van der Waals surface area (Å²) in [5, 5.41) is 0. The highest BCUT2D eigenvalue weighted by atomic mass is 32.1. The summed E-state index contributed by atoms with van der Waals surface area (Å²) in [6.45, 7) is 0.0249. The van der Waals surface area contributed by atoms with Gasteiger partial charge in [0.05, 0.1) is 16.8 Å². The number of nitrogens with zero attached hydrogens (tertiary/aromatic N) is 2. The van der Waals surface area contributed by atoms with Crippen LogP contribution < -0.4 is 4.80 Å². The molecule has 3 rings (SSSR count). The standard InChI is InChI=1S/C19H12F2N2OS/c1-2-10-23-18-15(21)11-14(20)12-16(18)25-19(23)22-17(24)9-8-13-6-4-3-5-7-13/h1,3-9,11-12H,10H2.